The second kappa shape index (κ2) is 3.14. The summed E-state index contributed by atoms with van der Waals surface area (Å²) in [7, 11) is 0. The summed E-state index contributed by atoms with van der Waals surface area (Å²) in [4.78, 5) is 9.53. The van der Waals surface area contributed by atoms with Crippen molar-refractivity contribution in [2.24, 2.45) is 0 Å². The lowest BCUT2D eigenvalue weighted by molar-refractivity contribution is 1.18. The molecular weight excluding hydrogens is 182 g/mol. The number of nitrogens with two attached hydrogens (primary N) is 1. The molecule has 0 aliphatic rings. The van der Waals surface area contributed by atoms with E-state index >= 15 is 0 Å². The molecule has 0 amide bonds. The molecule has 2 N–H and O–H groups in total. The van der Waals surface area contributed by atoms with E-state index in [1.165, 1.54) is 4.88 Å². The van der Waals surface area contributed by atoms with Crippen molar-refractivity contribution in [3.05, 3.63) is 28.7 Å². The van der Waals surface area contributed by atoms with Gasteiger partial charge in [0.2, 0.25) is 0 Å². The highest BCUT2D eigenvalue weighted by molar-refractivity contribution is 7.10. The van der Waals surface area contributed by atoms with Gasteiger partial charge in [-0.25, -0.2) is 9.97 Å². The van der Waals surface area contributed by atoms with Gasteiger partial charge in [-0.05, 0) is 18.4 Å². The molecule has 0 aliphatic heterocycles. The van der Waals surface area contributed by atoms with Crippen LogP contribution in [0.5, 0.6) is 0 Å². The maximum absolute atomic E-state index is 5.50. The number of aromatic nitrogens is 2. The van der Waals surface area contributed by atoms with E-state index in [0.717, 1.165) is 11.4 Å². The van der Waals surface area contributed by atoms with Crippen molar-refractivity contribution in [1.29, 1.82) is 0 Å². The van der Waals surface area contributed by atoms with E-state index in [9.17, 15) is 0 Å². The van der Waals surface area contributed by atoms with Gasteiger partial charge >= 0.3 is 0 Å². The Morgan fingerprint density at radius 2 is 2.00 bits per heavy atom. The van der Waals surface area contributed by atoms with Gasteiger partial charge in [0.25, 0.3) is 0 Å². The number of nitrogens with zero attached hydrogens (tertiary/aromatic N) is 2. The summed E-state index contributed by atoms with van der Waals surface area (Å²) in [6.07, 6.45) is 3.25. The Bertz CT molecular complexity index is 405. The van der Waals surface area contributed by atoms with E-state index in [4.69, 9.17) is 5.73 Å². The average Bonchev–Trinajstić information content (AvgIpc) is 2.53. The highest BCUT2D eigenvalue weighted by Crippen LogP contribution is 2.24. The van der Waals surface area contributed by atoms with Crippen LogP contribution in [0.4, 0.5) is 5.69 Å². The number of nitrogen functional groups attached to an aromatic ring is 1. The maximum Gasteiger partial charge on any atom is 0.160 e. The summed E-state index contributed by atoms with van der Waals surface area (Å²) in [6, 6.07) is 2.02. The van der Waals surface area contributed by atoms with Crippen LogP contribution in [-0.2, 0) is 0 Å². The van der Waals surface area contributed by atoms with Gasteiger partial charge in [0.05, 0.1) is 18.1 Å². The SMILES string of the molecule is Cc1sccc1-c1ncc(N)cn1. The number of hydrogen-bond acceptors (Lipinski definition) is 4. The minimum atomic E-state index is 0.594. The molecule has 2 aromatic rings. The van der Waals surface area contributed by atoms with Crippen LogP contribution in [0.3, 0.4) is 0 Å². The third kappa shape index (κ3) is 1.53. The van der Waals surface area contributed by atoms with Gasteiger partial charge in [-0.2, -0.15) is 0 Å². The fourth-order valence-corrected chi connectivity index (χ4v) is 1.79. The van der Waals surface area contributed by atoms with Crippen molar-refractivity contribution in [3.8, 4) is 11.4 Å². The Balaban J connectivity index is 2.47. The number of hydrogen-bond donors (Lipinski definition) is 1. The summed E-state index contributed by atoms with van der Waals surface area (Å²) in [5.41, 5.74) is 7.18. The second-order valence-electron chi connectivity index (χ2n) is 2.73. The van der Waals surface area contributed by atoms with Crippen LogP contribution in [0.2, 0.25) is 0 Å². The standard InChI is InChI=1S/C9H9N3S/c1-6-8(2-3-13-6)9-11-4-7(10)5-12-9/h2-5H,10H2,1H3. The molecule has 0 saturated heterocycles. The van der Waals surface area contributed by atoms with Crippen molar-refractivity contribution in [2.45, 2.75) is 6.92 Å². The zero-order valence-electron chi connectivity index (χ0n) is 7.19. The minimum Gasteiger partial charge on any atom is -0.396 e. The van der Waals surface area contributed by atoms with Crippen LogP contribution in [0, 0.1) is 6.92 Å². The lowest BCUT2D eigenvalue weighted by atomic mass is 10.2. The minimum absolute atomic E-state index is 0.594. The Hall–Kier alpha value is -1.42. The first-order chi connectivity index (χ1) is 6.27. The molecule has 0 atom stereocenters. The predicted molar refractivity (Wildman–Crippen MR) is 54.5 cm³/mol. The van der Waals surface area contributed by atoms with Gasteiger partial charge in [-0.1, -0.05) is 0 Å². The Morgan fingerprint density at radius 3 is 2.54 bits per heavy atom. The van der Waals surface area contributed by atoms with Crippen LogP contribution in [0.25, 0.3) is 11.4 Å². The van der Waals surface area contributed by atoms with Crippen LogP contribution in [0.1, 0.15) is 4.88 Å². The highest BCUT2D eigenvalue weighted by atomic mass is 32.1. The van der Waals surface area contributed by atoms with Crippen molar-refractivity contribution in [2.75, 3.05) is 5.73 Å². The van der Waals surface area contributed by atoms with Gasteiger partial charge in [0.1, 0.15) is 0 Å². The van der Waals surface area contributed by atoms with E-state index in [1.54, 1.807) is 23.7 Å². The normalized spacial score (nSPS) is 10.2. The molecule has 13 heavy (non-hydrogen) atoms. The zero-order valence-corrected chi connectivity index (χ0v) is 8.01. The van der Waals surface area contributed by atoms with Crippen LogP contribution in [0.15, 0.2) is 23.8 Å². The highest BCUT2D eigenvalue weighted by Gasteiger charge is 2.04. The molecular formula is C9H9N3S. The lowest BCUT2D eigenvalue weighted by Crippen LogP contribution is -1.91. The Kier molecular flexibility index (Phi) is 1.98. The fraction of sp³-hybridized carbons (Fsp3) is 0.111. The van der Waals surface area contributed by atoms with Crippen molar-refractivity contribution in [1.82, 2.24) is 9.97 Å². The van der Waals surface area contributed by atoms with Crippen LogP contribution in [-0.4, -0.2) is 9.97 Å². The number of aryl methyl sites for hydroxylation is 1. The Labute approximate surface area is 80.3 Å². The topological polar surface area (TPSA) is 51.8 Å². The number of anilines is 1. The average molecular weight is 191 g/mol. The molecule has 4 heteroatoms. The van der Waals surface area contributed by atoms with Crippen molar-refractivity contribution >= 4 is 17.0 Å². The van der Waals surface area contributed by atoms with E-state index < -0.39 is 0 Å². The summed E-state index contributed by atoms with van der Waals surface area (Å²) in [5.74, 6) is 0.743. The van der Waals surface area contributed by atoms with Gasteiger partial charge in [0.15, 0.2) is 5.82 Å². The van der Waals surface area contributed by atoms with Crippen LogP contribution < -0.4 is 5.73 Å². The van der Waals surface area contributed by atoms with Gasteiger partial charge in [0, 0.05) is 10.4 Å². The quantitative estimate of drug-likeness (QED) is 0.751. The molecule has 0 bridgehead atoms. The smallest absolute Gasteiger partial charge is 0.160 e. The molecule has 0 unspecified atom stereocenters. The number of thiophene rings is 1. The predicted octanol–water partition coefficient (Wildman–Crippen LogP) is 2.10. The lowest BCUT2D eigenvalue weighted by Gasteiger charge is -1.97. The van der Waals surface area contributed by atoms with E-state index in [-0.39, 0.29) is 0 Å². The first-order valence-electron chi connectivity index (χ1n) is 3.89. The molecule has 2 rings (SSSR count). The molecule has 2 heterocycles. The molecule has 0 aliphatic carbocycles. The molecule has 0 fully saturated rings. The monoisotopic (exact) mass is 191 g/mol. The molecule has 0 radical (unpaired) electrons. The molecule has 0 spiro atoms. The first-order valence-corrected chi connectivity index (χ1v) is 4.77. The fourth-order valence-electron chi connectivity index (χ4n) is 1.09. The van der Waals surface area contributed by atoms with Gasteiger partial charge in [-0.3, -0.25) is 0 Å². The van der Waals surface area contributed by atoms with Gasteiger partial charge in [-0.15, -0.1) is 11.3 Å². The first kappa shape index (κ1) is 8.19. The molecule has 0 saturated carbocycles. The summed E-state index contributed by atoms with van der Waals surface area (Å²) in [6.45, 7) is 2.06. The molecule has 3 nitrogen and oxygen atoms in total. The molecule has 66 valence electrons. The van der Waals surface area contributed by atoms with Gasteiger partial charge < -0.3 is 5.73 Å². The van der Waals surface area contributed by atoms with Crippen molar-refractivity contribution < 1.29 is 0 Å². The maximum atomic E-state index is 5.50. The van der Waals surface area contributed by atoms with E-state index in [2.05, 4.69) is 16.9 Å². The largest absolute Gasteiger partial charge is 0.396 e. The van der Waals surface area contributed by atoms with Crippen LogP contribution >= 0.6 is 11.3 Å². The van der Waals surface area contributed by atoms with Crippen molar-refractivity contribution in [3.63, 3.8) is 0 Å². The Morgan fingerprint density at radius 1 is 1.31 bits per heavy atom. The second-order valence-corrected chi connectivity index (χ2v) is 3.85. The molecule has 2 aromatic heterocycles. The summed E-state index contributed by atoms with van der Waals surface area (Å²) < 4.78 is 0. The third-order valence-electron chi connectivity index (χ3n) is 1.77. The molecule has 0 aromatic carbocycles. The number of rotatable bonds is 1. The summed E-state index contributed by atoms with van der Waals surface area (Å²) in [5, 5.41) is 2.03. The zero-order chi connectivity index (χ0) is 9.26. The summed E-state index contributed by atoms with van der Waals surface area (Å²) >= 11 is 1.69. The third-order valence-corrected chi connectivity index (χ3v) is 2.62. The van der Waals surface area contributed by atoms with E-state index in [1.807, 2.05) is 11.4 Å². The van der Waals surface area contributed by atoms with E-state index in [0.29, 0.717) is 5.69 Å².